The predicted octanol–water partition coefficient (Wildman–Crippen LogP) is 2.66. The minimum atomic E-state index is -3.61. The Kier molecular flexibility index (Phi) is 6.40. The van der Waals surface area contributed by atoms with E-state index in [0.29, 0.717) is 18.5 Å². The zero-order valence-electron chi connectivity index (χ0n) is 16.2. The van der Waals surface area contributed by atoms with E-state index in [9.17, 15) is 13.2 Å². The van der Waals surface area contributed by atoms with Crippen LogP contribution in [0.5, 0.6) is 0 Å². The van der Waals surface area contributed by atoms with Crippen LogP contribution in [0.3, 0.4) is 0 Å². The number of nitrogens with zero attached hydrogens (tertiary/aromatic N) is 3. The maximum Gasteiger partial charge on any atom is 0.258 e. The zero-order valence-corrected chi connectivity index (χ0v) is 17.1. The number of hydrogen-bond acceptors (Lipinski definition) is 5. The molecule has 0 aliphatic carbocycles. The summed E-state index contributed by atoms with van der Waals surface area (Å²) in [6.45, 7) is 4.23. The van der Waals surface area contributed by atoms with Gasteiger partial charge < -0.3 is 0 Å². The molecule has 0 fully saturated rings. The Balaban J connectivity index is 1.64. The Bertz CT molecular complexity index is 1060. The molecule has 0 radical (unpaired) electrons. The van der Waals surface area contributed by atoms with Crippen LogP contribution in [0.15, 0.2) is 65.8 Å². The summed E-state index contributed by atoms with van der Waals surface area (Å²) in [6, 6.07) is 15.3. The molecule has 1 aromatic heterocycles. The fourth-order valence-electron chi connectivity index (χ4n) is 2.57. The molecule has 29 heavy (non-hydrogen) atoms. The van der Waals surface area contributed by atoms with Crippen molar-refractivity contribution in [2.24, 2.45) is 0 Å². The fraction of sp³-hybridized carbons (Fsp3) is 0.250. The number of carbonyl (C=O) groups is 1. The first-order valence-electron chi connectivity index (χ1n) is 9.24. The van der Waals surface area contributed by atoms with Gasteiger partial charge in [-0.1, -0.05) is 37.3 Å². The quantitative estimate of drug-likeness (QED) is 0.591. The molecule has 0 bridgehead atoms. The van der Waals surface area contributed by atoms with Crippen molar-refractivity contribution in [3.8, 4) is 0 Å². The highest BCUT2D eigenvalue weighted by molar-refractivity contribution is 7.89. The van der Waals surface area contributed by atoms with Gasteiger partial charge >= 0.3 is 0 Å². The van der Waals surface area contributed by atoms with Gasteiger partial charge in [0.25, 0.3) is 5.91 Å². The molecular weight excluding hydrogens is 390 g/mol. The van der Waals surface area contributed by atoms with Crippen LogP contribution in [0.1, 0.15) is 36.2 Å². The number of benzene rings is 2. The molecule has 0 saturated carbocycles. The Hall–Kier alpha value is -3.04. The van der Waals surface area contributed by atoms with Gasteiger partial charge in [0.2, 0.25) is 16.0 Å². The molecule has 0 saturated heterocycles. The molecule has 2 N–H and O–H groups in total. The summed E-state index contributed by atoms with van der Waals surface area (Å²) < 4.78 is 28.8. The van der Waals surface area contributed by atoms with Crippen LogP contribution in [0.25, 0.3) is 0 Å². The van der Waals surface area contributed by atoms with E-state index in [-0.39, 0.29) is 16.9 Å². The second kappa shape index (κ2) is 8.97. The van der Waals surface area contributed by atoms with Gasteiger partial charge in [0, 0.05) is 11.6 Å². The summed E-state index contributed by atoms with van der Waals surface area (Å²) >= 11 is 0. The van der Waals surface area contributed by atoms with Crippen molar-refractivity contribution in [2.45, 2.75) is 37.8 Å². The number of amides is 1. The van der Waals surface area contributed by atoms with Gasteiger partial charge in [0.15, 0.2) is 0 Å². The smallest absolute Gasteiger partial charge is 0.258 e. The Morgan fingerprint density at radius 2 is 1.79 bits per heavy atom. The van der Waals surface area contributed by atoms with Crippen molar-refractivity contribution in [1.29, 1.82) is 0 Å². The average Bonchev–Trinajstić information content (AvgIpc) is 3.15. The number of carbonyl (C=O) groups excluding carboxylic acids is 1. The van der Waals surface area contributed by atoms with Crippen LogP contribution < -0.4 is 10.0 Å². The average molecular weight is 414 g/mol. The number of nitrogens with one attached hydrogen (secondary N) is 2. The van der Waals surface area contributed by atoms with E-state index >= 15 is 0 Å². The number of anilines is 1. The molecule has 0 aliphatic heterocycles. The third-order valence-corrected chi connectivity index (χ3v) is 5.95. The normalized spacial score (nSPS) is 12.5. The van der Waals surface area contributed by atoms with E-state index in [1.54, 1.807) is 17.9 Å². The van der Waals surface area contributed by atoms with Crippen molar-refractivity contribution in [3.05, 3.63) is 72.1 Å². The lowest BCUT2D eigenvalue weighted by atomic mass is 10.2. The first-order chi connectivity index (χ1) is 13.9. The van der Waals surface area contributed by atoms with Gasteiger partial charge in [0.05, 0.1) is 11.4 Å². The molecule has 9 heteroatoms. The summed E-state index contributed by atoms with van der Waals surface area (Å²) in [5.74, 6) is -0.234. The Labute approximate surface area is 170 Å². The molecule has 2 aromatic carbocycles. The number of aromatic nitrogens is 3. The maximum atomic E-state index is 12.4. The summed E-state index contributed by atoms with van der Waals surface area (Å²) in [6.07, 6.45) is 2.22. The largest absolute Gasteiger partial charge is 0.289 e. The monoisotopic (exact) mass is 413 g/mol. The van der Waals surface area contributed by atoms with Gasteiger partial charge in [-0.25, -0.2) is 22.8 Å². The lowest BCUT2D eigenvalue weighted by Crippen LogP contribution is -2.32. The van der Waals surface area contributed by atoms with Crippen molar-refractivity contribution in [3.63, 3.8) is 0 Å². The van der Waals surface area contributed by atoms with Crippen LogP contribution in [0.4, 0.5) is 5.95 Å². The van der Waals surface area contributed by atoms with Gasteiger partial charge in [-0.2, -0.15) is 0 Å². The Morgan fingerprint density at radius 1 is 1.10 bits per heavy atom. The molecule has 1 amide bonds. The van der Waals surface area contributed by atoms with Crippen LogP contribution >= 0.6 is 0 Å². The SMILES string of the molecule is CCC(C)NS(=O)(=O)c1ccc(C(=O)Nc2ncn(Cc3ccccc3)n2)cc1. The number of rotatable bonds is 8. The van der Waals surface area contributed by atoms with E-state index in [1.807, 2.05) is 37.3 Å². The van der Waals surface area contributed by atoms with E-state index in [0.717, 1.165) is 5.56 Å². The first kappa shape index (κ1) is 20.7. The van der Waals surface area contributed by atoms with Crippen molar-refractivity contribution in [2.75, 3.05) is 5.32 Å². The molecule has 0 spiro atoms. The maximum absolute atomic E-state index is 12.4. The second-order valence-electron chi connectivity index (χ2n) is 6.66. The predicted molar refractivity (Wildman–Crippen MR) is 110 cm³/mol. The molecule has 3 rings (SSSR count). The van der Waals surface area contributed by atoms with Gasteiger partial charge in [-0.15, -0.1) is 5.10 Å². The minimum Gasteiger partial charge on any atom is -0.289 e. The lowest BCUT2D eigenvalue weighted by Gasteiger charge is -2.12. The van der Waals surface area contributed by atoms with Crippen LogP contribution in [-0.4, -0.2) is 35.1 Å². The lowest BCUT2D eigenvalue weighted by molar-refractivity contribution is 0.102. The topological polar surface area (TPSA) is 106 Å². The van der Waals surface area contributed by atoms with Gasteiger partial charge in [-0.3, -0.25) is 10.1 Å². The summed E-state index contributed by atoms with van der Waals surface area (Å²) in [4.78, 5) is 16.6. The summed E-state index contributed by atoms with van der Waals surface area (Å²) in [5.41, 5.74) is 1.38. The molecule has 1 heterocycles. The molecular formula is C20H23N5O3S. The third kappa shape index (κ3) is 5.49. The number of hydrogen-bond donors (Lipinski definition) is 2. The van der Waals surface area contributed by atoms with E-state index < -0.39 is 15.9 Å². The summed E-state index contributed by atoms with van der Waals surface area (Å²) in [7, 11) is -3.61. The standard InChI is InChI=1S/C20H23N5O3S/c1-3-15(2)24-29(27,28)18-11-9-17(10-12-18)19(26)22-20-21-14-25(23-20)13-16-7-5-4-6-8-16/h4-12,14-15,24H,3,13H2,1-2H3,(H,22,23,26). The van der Waals surface area contributed by atoms with Crippen LogP contribution in [0, 0.1) is 0 Å². The molecule has 8 nitrogen and oxygen atoms in total. The molecule has 1 unspecified atom stereocenters. The second-order valence-corrected chi connectivity index (χ2v) is 8.37. The fourth-order valence-corrected chi connectivity index (χ4v) is 3.90. The highest BCUT2D eigenvalue weighted by Gasteiger charge is 2.17. The van der Waals surface area contributed by atoms with Crippen molar-refractivity contribution < 1.29 is 13.2 Å². The van der Waals surface area contributed by atoms with Crippen LogP contribution in [0.2, 0.25) is 0 Å². The number of sulfonamides is 1. The van der Waals surface area contributed by atoms with E-state index in [4.69, 9.17) is 0 Å². The molecule has 0 aliphatic rings. The molecule has 3 aromatic rings. The van der Waals surface area contributed by atoms with Crippen LogP contribution in [-0.2, 0) is 16.6 Å². The minimum absolute atomic E-state index is 0.111. The first-order valence-corrected chi connectivity index (χ1v) is 10.7. The van der Waals surface area contributed by atoms with Gasteiger partial charge in [-0.05, 0) is 43.2 Å². The highest BCUT2D eigenvalue weighted by atomic mass is 32.2. The van der Waals surface area contributed by atoms with E-state index in [2.05, 4.69) is 20.1 Å². The van der Waals surface area contributed by atoms with Crippen molar-refractivity contribution >= 4 is 21.9 Å². The summed E-state index contributed by atoms with van der Waals surface area (Å²) in [5, 5.41) is 6.85. The molecule has 1 atom stereocenters. The zero-order chi connectivity index (χ0) is 20.9. The molecule has 152 valence electrons. The van der Waals surface area contributed by atoms with Gasteiger partial charge in [0.1, 0.15) is 6.33 Å². The van der Waals surface area contributed by atoms with Crippen molar-refractivity contribution in [1.82, 2.24) is 19.5 Å². The highest BCUT2D eigenvalue weighted by Crippen LogP contribution is 2.13. The Morgan fingerprint density at radius 3 is 2.45 bits per heavy atom. The van der Waals surface area contributed by atoms with E-state index in [1.165, 1.54) is 24.3 Å². The third-order valence-electron chi connectivity index (χ3n) is 4.34.